The molecular formula is C16H14N4O2. The van der Waals surface area contributed by atoms with Crippen molar-refractivity contribution in [2.75, 3.05) is 5.32 Å². The maximum absolute atomic E-state index is 11.7. The van der Waals surface area contributed by atoms with E-state index in [-0.39, 0.29) is 12.6 Å². The van der Waals surface area contributed by atoms with E-state index in [2.05, 4.69) is 20.8 Å². The Balaban J connectivity index is 1.56. The highest BCUT2D eigenvalue weighted by atomic mass is 16.5. The van der Waals surface area contributed by atoms with E-state index in [4.69, 9.17) is 4.52 Å². The van der Waals surface area contributed by atoms with Crippen molar-refractivity contribution in [2.24, 2.45) is 0 Å². The van der Waals surface area contributed by atoms with Crippen molar-refractivity contribution in [1.82, 2.24) is 15.5 Å². The molecule has 110 valence electrons. The molecule has 2 amide bonds. The molecular weight excluding hydrogens is 280 g/mol. The topological polar surface area (TPSA) is 80.0 Å². The molecule has 2 N–H and O–H groups in total. The van der Waals surface area contributed by atoms with E-state index in [1.165, 1.54) is 0 Å². The first kappa shape index (κ1) is 13.8. The third-order valence-electron chi connectivity index (χ3n) is 2.96. The molecule has 0 bridgehead atoms. The second-order valence-electron chi connectivity index (χ2n) is 4.57. The summed E-state index contributed by atoms with van der Waals surface area (Å²) in [4.78, 5) is 15.7. The van der Waals surface area contributed by atoms with Crippen molar-refractivity contribution in [2.45, 2.75) is 6.54 Å². The predicted molar refractivity (Wildman–Crippen MR) is 82.0 cm³/mol. The number of aromatic nitrogens is 2. The molecule has 0 atom stereocenters. The zero-order chi connectivity index (χ0) is 15.2. The lowest BCUT2D eigenvalue weighted by atomic mass is 10.1. The van der Waals surface area contributed by atoms with Gasteiger partial charge in [-0.1, -0.05) is 41.6 Å². The number of benzene rings is 1. The van der Waals surface area contributed by atoms with E-state index in [1.807, 2.05) is 30.3 Å². The van der Waals surface area contributed by atoms with Crippen LogP contribution in [0.5, 0.6) is 0 Å². The van der Waals surface area contributed by atoms with Crippen molar-refractivity contribution in [1.29, 1.82) is 0 Å². The molecule has 0 saturated carbocycles. The van der Waals surface area contributed by atoms with E-state index in [0.717, 1.165) is 11.3 Å². The zero-order valence-corrected chi connectivity index (χ0v) is 11.7. The van der Waals surface area contributed by atoms with Gasteiger partial charge in [-0.25, -0.2) is 9.78 Å². The normalized spacial score (nSPS) is 10.2. The SMILES string of the molecule is O=C(NCc1cc(-c2ccccc2)no1)Nc1ccccn1. The zero-order valence-electron chi connectivity index (χ0n) is 11.7. The van der Waals surface area contributed by atoms with Gasteiger partial charge >= 0.3 is 6.03 Å². The first-order chi connectivity index (χ1) is 10.8. The first-order valence-corrected chi connectivity index (χ1v) is 6.78. The Bertz CT molecular complexity index is 741. The van der Waals surface area contributed by atoms with Crippen LogP contribution in [0, 0.1) is 0 Å². The quantitative estimate of drug-likeness (QED) is 0.775. The number of rotatable bonds is 4. The Morgan fingerprint density at radius 3 is 2.68 bits per heavy atom. The third kappa shape index (κ3) is 3.49. The summed E-state index contributed by atoms with van der Waals surface area (Å²) in [6.07, 6.45) is 1.61. The highest BCUT2D eigenvalue weighted by Crippen LogP contribution is 2.18. The van der Waals surface area contributed by atoms with Gasteiger partial charge in [0.15, 0.2) is 5.76 Å². The van der Waals surface area contributed by atoms with E-state index in [1.54, 1.807) is 30.5 Å². The van der Waals surface area contributed by atoms with Crippen molar-refractivity contribution >= 4 is 11.8 Å². The summed E-state index contributed by atoms with van der Waals surface area (Å²) in [5.41, 5.74) is 1.71. The van der Waals surface area contributed by atoms with Crippen LogP contribution in [0.2, 0.25) is 0 Å². The Morgan fingerprint density at radius 2 is 1.91 bits per heavy atom. The number of hydrogen-bond donors (Lipinski definition) is 2. The van der Waals surface area contributed by atoms with Gasteiger partial charge in [-0.05, 0) is 12.1 Å². The number of hydrogen-bond acceptors (Lipinski definition) is 4. The molecule has 2 heterocycles. The summed E-state index contributed by atoms with van der Waals surface area (Å²) in [6, 6.07) is 16.4. The Hall–Kier alpha value is -3.15. The molecule has 1 aromatic carbocycles. The molecule has 2 aromatic heterocycles. The number of urea groups is 1. The fourth-order valence-corrected chi connectivity index (χ4v) is 1.91. The average molecular weight is 294 g/mol. The van der Waals surface area contributed by atoms with Crippen LogP contribution in [0.4, 0.5) is 10.6 Å². The highest BCUT2D eigenvalue weighted by Gasteiger charge is 2.08. The van der Waals surface area contributed by atoms with Gasteiger partial charge in [-0.15, -0.1) is 0 Å². The Kier molecular flexibility index (Phi) is 4.10. The van der Waals surface area contributed by atoms with Gasteiger partial charge < -0.3 is 9.84 Å². The van der Waals surface area contributed by atoms with Crippen molar-refractivity contribution in [3.63, 3.8) is 0 Å². The number of carbonyl (C=O) groups is 1. The van der Waals surface area contributed by atoms with Gasteiger partial charge in [-0.2, -0.15) is 0 Å². The molecule has 0 radical (unpaired) electrons. The first-order valence-electron chi connectivity index (χ1n) is 6.78. The summed E-state index contributed by atoms with van der Waals surface area (Å²) < 4.78 is 5.21. The van der Waals surface area contributed by atoms with Crippen LogP contribution in [-0.2, 0) is 6.54 Å². The molecule has 3 rings (SSSR count). The monoisotopic (exact) mass is 294 g/mol. The lowest BCUT2D eigenvalue weighted by Gasteiger charge is -2.04. The number of pyridine rings is 1. The number of nitrogens with zero attached hydrogens (tertiary/aromatic N) is 2. The molecule has 0 saturated heterocycles. The van der Waals surface area contributed by atoms with Gasteiger partial charge in [0.25, 0.3) is 0 Å². The minimum Gasteiger partial charge on any atom is -0.359 e. The summed E-state index contributed by atoms with van der Waals surface area (Å²) in [5.74, 6) is 1.07. The standard InChI is InChI=1S/C16H14N4O2/c21-16(19-15-8-4-5-9-17-15)18-11-13-10-14(20-22-13)12-6-2-1-3-7-12/h1-10H,11H2,(H2,17,18,19,21). The third-order valence-corrected chi connectivity index (χ3v) is 2.96. The fourth-order valence-electron chi connectivity index (χ4n) is 1.91. The molecule has 22 heavy (non-hydrogen) atoms. The van der Waals surface area contributed by atoms with Crippen molar-refractivity contribution in [3.05, 3.63) is 66.6 Å². The Labute approximate surface area is 127 Å². The van der Waals surface area contributed by atoms with Gasteiger partial charge in [0.05, 0.1) is 6.54 Å². The lowest BCUT2D eigenvalue weighted by Crippen LogP contribution is -2.28. The highest BCUT2D eigenvalue weighted by molar-refractivity contribution is 5.88. The Morgan fingerprint density at radius 1 is 1.09 bits per heavy atom. The van der Waals surface area contributed by atoms with Crippen molar-refractivity contribution < 1.29 is 9.32 Å². The lowest BCUT2D eigenvalue weighted by molar-refractivity contribution is 0.250. The molecule has 0 aliphatic rings. The van der Waals surface area contributed by atoms with Crippen LogP contribution in [0.3, 0.4) is 0 Å². The molecule has 6 nitrogen and oxygen atoms in total. The second-order valence-corrected chi connectivity index (χ2v) is 4.57. The average Bonchev–Trinajstić information content (AvgIpc) is 3.04. The molecule has 0 aliphatic carbocycles. The predicted octanol–water partition coefficient (Wildman–Crippen LogP) is 3.06. The molecule has 6 heteroatoms. The summed E-state index contributed by atoms with van der Waals surface area (Å²) >= 11 is 0. The van der Waals surface area contributed by atoms with E-state index in [9.17, 15) is 4.79 Å². The maximum atomic E-state index is 11.7. The van der Waals surface area contributed by atoms with Crippen LogP contribution in [0.25, 0.3) is 11.3 Å². The summed E-state index contributed by atoms with van der Waals surface area (Å²) in [7, 11) is 0. The number of nitrogens with one attached hydrogen (secondary N) is 2. The largest absolute Gasteiger partial charge is 0.359 e. The number of amides is 2. The van der Waals surface area contributed by atoms with Crippen LogP contribution in [0.1, 0.15) is 5.76 Å². The molecule has 0 spiro atoms. The van der Waals surface area contributed by atoms with Gasteiger partial charge in [0.2, 0.25) is 0 Å². The number of anilines is 1. The van der Waals surface area contributed by atoms with Gasteiger partial charge in [-0.3, -0.25) is 5.32 Å². The molecule has 0 fully saturated rings. The van der Waals surface area contributed by atoms with Crippen LogP contribution in [-0.4, -0.2) is 16.2 Å². The molecule has 0 unspecified atom stereocenters. The molecule has 0 aliphatic heterocycles. The van der Waals surface area contributed by atoms with Gasteiger partial charge in [0.1, 0.15) is 11.5 Å². The minimum absolute atomic E-state index is 0.249. The van der Waals surface area contributed by atoms with Crippen LogP contribution in [0.15, 0.2) is 65.3 Å². The van der Waals surface area contributed by atoms with E-state index in [0.29, 0.717) is 11.6 Å². The smallest absolute Gasteiger partial charge is 0.320 e. The number of carbonyl (C=O) groups excluding carboxylic acids is 1. The van der Waals surface area contributed by atoms with E-state index >= 15 is 0 Å². The summed E-state index contributed by atoms with van der Waals surface area (Å²) in [6.45, 7) is 0.249. The summed E-state index contributed by atoms with van der Waals surface area (Å²) in [5, 5.41) is 9.31. The van der Waals surface area contributed by atoms with Crippen LogP contribution < -0.4 is 10.6 Å². The molecule has 3 aromatic rings. The maximum Gasteiger partial charge on any atom is 0.320 e. The minimum atomic E-state index is -0.351. The van der Waals surface area contributed by atoms with Gasteiger partial charge in [0, 0.05) is 17.8 Å². The van der Waals surface area contributed by atoms with Crippen molar-refractivity contribution in [3.8, 4) is 11.3 Å². The van der Waals surface area contributed by atoms with Crippen LogP contribution >= 0.6 is 0 Å². The second kappa shape index (κ2) is 6.53. The van der Waals surface area contributed by atoms with E-state index < -0.39 is 0 Å². The fraction of sp³-hybridized carbons (Fsp3) is 0.0625.